The number of carbonyl (C=O) groups is 1. The van der Waals surface area contributed by atoms with Gasteiger partial charge in [-0.3, -0.25) is 9.89 Å². The fraction of sp³-hybridized carbons (Fsp3) is 0.263. The molecule has 128 valence electrons. The van der Waals surface area contributed by atoms with E-state index in [2.05, 4.69) is 10.2 Å². The predicted octanol–water partition coefficient (Wildman–Crippen LogP) is 4.64. The maximum Gasteiger partial charge on any atom is 0.272 e. The Bertz CT molecular complexity index is 874. The van der Waals surface area contributed by atoms with E-state index in [0.717, 1.165) is 36.1 Å². The molecule has 1 amide bonds. The Morgan fingerprint density at radius 3 is 3.00 bits per heavy atom. The van der Waals surface area contributed by atoms with Crippen molar-refractivity contribution in [2.24, 2.45) is 0 Å². The summed E-state index contributed by atoms with van der Waals surface area (Å²) in [6.07, 6.45) is 2.85. The summed E-state index contributed by atoms with van der Waals surface area (Å²) >= 11 is 1.59. The number of H-pyrrole nitrogens is 1. The van der Waals surface area contributed by atoms with E-state index in [0.29, 0.717) is 12.2 Å². The standard InChI is InChI=1S/C19H18FN3OS/c20-15-5-3-4-13(10-15)18-6-1-2-8-23(18)19(24)17-11-16(21-22-17)14-7-9-25-12-14/h3-5,7,9-12,18H,1-2,6,8H2,(H,21,22)/t18-/m0/s1. The minimum Gasteiger partial charge on any atom is -0.330 e. The zero-order valence-electron chi connectivity index (χ0n) is 13.6. The molecule has 1 N–H and O–H groups in total. The first-order valence-electron chi connectivity index (χ1n) is 8.37. The number of halogens is 1. The average Bonchev–Trinajstić information content (AvgIpc) is 3.32. The first-order chi connectivity index (χ1) is 12.2. The van der Waals surface area contributed by atoms with Gasteiger partial charge < -0.3 is 4.90 Å². The molecule has 1 atom stereocenters. The van der Waals surface area contributed by atoms with Crippen molar-refractivity contribution in [2.75, 3.05) is 6.54 Å². The molecule has 1 aliphatic heterocycles. The molecular weight excluding hydrogens is 337 g/mol. The molecule has 1 aromatic carbocycles. The second-order valence-corrected chi connectivity index (χ2v) is 7.02. The lowest BCUT2D eigenvalue weighted by Gasteiger charge is -2.35. The minimum absolute atomic E-state index is 0.0806. The number of carbonyl (C=O) groups excluding carboxylic acids is 1. The lowest BCUT2D eigenvalue weighted by Crippen LogP contribution is -2.38. The number of hydrogen-bond acceptors (Lipinski definition) is 3. The molecule has 0 bridgehead atoms. The van der Waals surface area contributed by atoms with Gasteiger partial charge in [0.15, 0.2) is 0 Å². The first kappa shape index (κ1) is 16.0. The Hall–Kier alpha value is -2.47. The number of amides is 1. The van der Waals surface area contributed by atoms with E-state index in [1.165, 1.54) is 12.1 Å². The van der Waals surface area contributed by atoms with Gasteiger partial charge in [-0.25, -0.2) is 4.39 Å². The van der Waals surface area contributed by atoms with Crippen LogP contribution in [0.5, 0.6) is 0 Å². The van der Waals surface area contributed by atoms with Gasteiger partial charge in [-0.15, -0.1) is 0 Å². The van der Waals surface area contributed by atoms with Crippen LogP contribution >= 0.6 is 11.3 Å². The second kappa shape index (κ2) is 6.80. The fourth-order valence-electron chi connectivity index (χ4n) is 3.38. The van der Waals surface area contributed by atoms with Crippen molar-refractivity contribution in [2.45, 2.75) is 25.3 Å². The van der Waals surface area contributed by atoms with Crippen LogP contribution in [0, 0.1) is 5.82 Å². The molecule has 0 radical (unpaired) electrons. The molecule has 0 aliphatic carbocycles. The summed E-state index contributed by atoms with van der Waals surface area (Å²) < 4.78 is 13.6. The van der Waals surface area contributed by atoms with E-state index in [1.807, 2.05) is 27.8 Å². The zero-order chi connectivity index (χ0) is 17.2. The lowest BCUT2D eigenvalue weighted by molar-refractivity contribution is 0.0605. The van der Waals surface area contributed by atoms with Crippen molar-refractivity contribution in [1.82, 2.24) is 15.1 Å². The van der Waals surface area contributed by atoms with Gasteiger partial charge in [0.05, 0.1) is 11.7 Å². The molecule has 1 saturated heterocycles. The normalized spacial score (nSPS) is 17.6. The van der Waals surface area contributed by atoms with Gasteiger partial charge in [0, 0.05) is 17.5 Å². The predicted molar refractivity (Wildman–Crippen MR) is 95.9 cm³/mol. The van der Waals surface area contributed by atoms with Gasteiger partial charge >= 0.3 is 0 Å². The lowest BCUT2D eigenvalue weighted by atomic mass is 9.95. The Morgan fingerprint density at radius 2 is 2.20 bits per heavy atom. The second-order valence-electron chi connectivity index (χ2n) is 6.24. The molecule has 6 heteroatoms. The number of thiophene rings is 1. The van der Waals surface area contributed by atoms with Gasteiger partial charge in [0.2, 0.25) is 0 Å². The van der Waals surface area contributed by atoms with Gasteiger partial charge in [-0.05, 0) is 54.5 Å². The van der Waals surface area contributed by atoms with E-state index < -0.39 is 0 Å². The topological polar surface area (TPSA) is 49.0 Å². The third-order valence-corrected chi connectivity index (χ3v) is 5.31. The van der Waals surface area contributed by atoms with Crippen LogP contribution in [-0.4, -0.2) is 27.5 Å². The summed E-state index contributed by atoms with van der Waals surface area (Å²) in [4.78, 5) is 14.9. The van der Waals surface area contributed by atoms with Crippen LogP contribution in [0.15, 0.2) is 47.2 Å². The van der Waals surface area contributed by atoms with Crippen molar-refractivity contribution < 1.29 is 9.18 Å². The number of piperidine rings is 1. The van der Waals surface area contributed by atoms with Crippen LogP contribution in [0.1, 0.15) is 41.4 Å². The zero-order valence-corrected chi connectivity index (χ0v) is 14.4. The third kappa shape index (κ3) is 3.22. The molecule has 3 heterocycles. The highest BCUT2D eigenvalue weighted by Crippen LogP contribution is 2.32. The summed E-state index contributed by atoms with van der Waals surface area (Å²) in [5.74, 6) is -0.348. The number of benzene rings is 1. The van der Waals surface area contributed by atoms with Crippen LogP contribution in [-0.2, 0) is 0 Å². The average molecular weight is 355 g/mol. The quantitative estimate of drug-likeness (QED) is 0.744. The third-order valence-electron chi connectivity index (χ3n) is 4.62. The van der Waals surface area contributed by atoms with E-state index in [9.17, 15) is 9.18 Å². The van der Waals surface area contributed by atoms with Gasteiger partial charge in [-0.2, -0.15) is 16.4 Å². The van der Waals surface area contributed by atoms with Crippen LogP contribution in [0.2, 0.25) is 0 Å². The SMILES string of the molecule is O=C(c1cc(-c2ccsc2)n[nH]1)N1CCCC[C@H]1c1cccc(F)c1. The van der Waals surface area contributed by atoms with Crippen molar-refractivity contribution in [1.29, 1.82) is 0 Å². The molecule has 4 rings (SSSR count). The Kier molecular flexibility index (Phi) is 4.36. The highest BCUT2D eigenvalue weighted by atomic mass is 32.1. The Balaban J connectivity index is 1.61. The van der Waals surface area contributed by atoms with Crippen LogP contribution in [0.4, 0.5) is 4.39 Å². The number of hydrogen-bond donors (Lipinski definition) is 1. The van der Waals surface area contributed by atoms with Crippen molar-refractivity contribution in [3.63, 3.8) is 0 Å². The van der Waals surface area contributed by atoms with Gasteiger partial charge in [-0.1, -0.05) is 12.1 Å². The molecule has 1 fully saturated rings. The van der Waals surface area contributed by atoms with E-state index in [4.69, 9.17) is 0 Å². The summed E-state index contributed by atoms with van der Waals surface area (Å²) in [6.45, 7) is 0.673. The first-order valence-corrected chi connectivity index (χ1v) is 9.31. The van der Waals surface area contributed by atoms with E-state index in [-0.39, 0.29) is 17.8 Å². The summed E-state index contributed by atoms with van der Waals surface area (Å²) in [5, 5.41) is 11.1. The Labute approximate surface area is 149 Å². The molecule has 0 spiro atoms. The molecule has 0 unspecified atom stereocenters. The highest BCUT2D eigenvalue weighted by Gasteiger charge is 2.30. The van der Waals surface area contributed by atoms with Crippen molar-refractivity contribution in [3.8, 4) is 11.3 Å². The van der Waals surface area contributed by atoms with Crippen molar-refractivity contribution in [3.05, 3.63) is 64.2 Å². The molecule has 3 aromatic rings. The monoisotopic (exact) mass is 355 g/mol. The summed E-state index contributed by atoms with van der Waals surface area (Å²) in [6, 6.07) is 10.2. The van der Waals surface area contributed by atoms with Crippen LogP contribution < -0.4 is 0 Å². The Morgan fingerprint density at radius 1 is 1.28 bits per heavy atom. The molecule has 2 aromatic heterocycles. The van der Waals surface area contributed by atoms with Crippen LogP contribution in [0.3, 0.4) is 0 Å². The maximum atomic E-state index is 13.6. The van der Waals surface area contributed by atoms with Gasteiger partial charge in [0.1, 0.15) is 11.5 Å². The largest absolute Gasteiger partial charge is 0.330 e. The number of rotatable bonds is 3. The smallest absolute Gasteiger partial charge is 0.272 e. The molecule has 0 saturated carbocycles. The van der Waals surface area contributed by atoms with Crippen LogP contribution in [0.25, 0.3) is 11.3 Å². The fourth-order valence-corrected chi connectivity index (χ4v) is 4.03. The molecule has 1 aliphatic rings. The highest BCUT2D eigenvalue weighted by molar-refractivity contribution is 7.08. The molecule has 4 nitrogen and oxygen atoms in total. The number of aromatic amines is 1. The molecular formula is C19H18FN3OS. The number of aromatic nitrogens is 2. The molecule has 25 heavy (non-hydrogen) atoms. The maximum absolute atomic E-state index is 13.6. The number of likely N-dealkylation sites (tertiary alicyclic amines) is 1. The number of nitrogens with zero attached hydrogens (tertiary/aromatic N) is 2. The summed E-state index contributed by atoms with van der Waals surface area (Å²) in [7, 11) is 0. The minimum atomic E-state index is -0.267. The van der Waals surface area contributed by atoms with E-state index >= 15 is 0 Å². The van der Waals surface area contributed by atoms with E-state index in [1.54, 1.807) is 23.5 Å². The summed E-state index contributed by atoms with van der Waals surface area (Å²) in [5.41, 5.74) is 3.10. The van der Waals surface area contributed by atoms with Crippen molar-refractivity contribution >= 4 is 17.2 Å². The number of nitrogens with one attached hydrogen (secondary N) is 1. The van der Waals surface area contributed by atoms with Gasteiger partial charge in [0.25, 0.3) is 5.91 Å².